The molecular formula is C56H58N8O11. The maximum Gasteiger partial charge on any atom is 0.261 e. The number of methoxy groups -OCH3 is 2. The van der Waals surface area contributed by atoms with E-state index in [-0.39, 0.29) is 55.5 Å². The van der Waals surface area contributed by atoms with Crippen molar-refractivity contribution in [2.75, 3.05) is 56.1 Å². The summed E-state index contributed by atoms with van der Waals surface area (Å²) in [6.45, 7) is -1.11. The van der Waals surface area contributed by atoms with Crippen molar-refractivity contribution in [3.63, 3.8) is 0 Å². The molecule has 5 aromatic carbocycles. The van der Waals surface area contributed by atoms with Gasteiger partial charge in [-0.05, 0) is 77.6 Å². The number of aliphatic hydroxyl groups excluding tert-OH is 1. The Hall–Kier alpha value is -8.58. The van der Waals surface area contributed by atoms with Crippen molar-refractivity contribution in [3.05, 3.63) is 124 Å². The number of nitrogens with zero attached hydrogens (tertiary/aromatic N) is 4. The van der Waals surface area contributed by atoms with E-state index in [1.54, 1.807) is 58.6 Å². The summed E-state index contributed by atoms with van der Waals surface area (Å²) in [6, 6.07) is 27.0. The normalized spacial score (nSPS) is 16.7. The van der Waals surface area contributed by atoms with Gasteiger partial charge >= 0.3 is 0 Å². The molecule has 0 bridgehead atoms. The summed E-state index contributed by atoms with van der Waals surface area (Å²) in [5, 5.41) is 17.5. The number of anilines is 3. The van der Waals surface area contributed by atoms with Crippen LogP contribution in [0.5, 0.6) is 23.0 Å². The van der Waals surface area contributed by atoms with Crippen LogP contribution in [0.25, 0.3) is 0 Å². The number of carbonyl (C=O) groups is 6. The van der Waals surface area contributed by atoms with Gasteiger partial charge in [-0.25, -0.2) is 0 Å². The van der Waals surface area contributed by atoms with Gasteiger partial charge in [-0.3, -0.25) is 48.6 Å². The molecule has 5 aliphatic rings. The molecule has 0 aromatic heterocycles. The number of ether oxygens (including phenoxy) is 4. The number of aliphatic hydroxyl groups is 1. The Labute approximate surface area is 433 Å². The molecular weight excluding hydrogens is 961 g/mol. The largest absolute Gasteiger partial charge is 0.493 e. The Kier molecular flexibility index (Phi) is 15.8. The second kappa shape index (κ2) is 23.1. The molecule has 6 amide bonds. The minimum atomic E-state index is -0.602. The van der Waals surface area contributed by atoms with Gasteiger partial charge in [0.2, 0.25) is 23.6 Å². The Morgan fingerprint density at radius 1 is 0.587 bits per heavy atom. The van der Waals surface area contributed by atoms with E-state index in [9.17, 15) is 28.8 Å². The van der Waals surface area contributed by atoms with Crippen molar-refractivity contribution in [2.24, 2.45) is 15.9 Å². The number of carbonyl (C=O) groups excluding carboxylic acids is 6. The van der Waals surface area contributed by atoms with Crippen molar-refractivity contribution in [1.29, 1.82) is 0 Å². The molecule has 75 heavy (non-hydrogen) atoms. The van der Waals surface area contributed by atoms with E-state index < -0.39 is 30.8 Å². The molecule has 0 saturated heterocycles. The molecule has 1 unspecified atom stereocenters. The zero-order chi connectivity index (χ0) is 52.6. The van der Waals surface area contributed by atoms with E-state index in [1.807, 2.05) is 54.6 Å². The van der Waals surface area contributed by atoms with E-state index >= 15 is 0 Å². The van der Waals surface area contributed by atoms with E-state index in [0.717, 1.165) is 61.7 Å². The quantitative estimate of drug-likeness (QED) is 0.0779. The summed E-state index contributed by atoms with van der Waals surface area (Å²) in [4.78, 5) is 91.9. The van der Waals surface area contributed by atoms with Crippen LogP contribution in [0.15, 0.2) is 101 Å². The third-order valence-corrected chi connectivity index (χ3v) is 13.7. The van der Waals surface area contributed by atoms with Crippen LogP contribution in [0.2, 0.25) is 0 Å². The summed E-state index contributed by atoms with van der Waals surface area (Å²) >= 11 is 0. The van der Waals surface area contributed by atoms with Crippen molar-refractivity contribution >= 4 is 76.3 Å². The van der Waals surface area contributed by atoms with Gasteiger partial charge in [0.25, 0.3) is 11.8 Å². The smallest absolute Gasteiger partial charge is 0.261 e. The van der Waals surface area contributed by atoms with Gasteiger partial charge in [0, 0.05) is 67.5 Å². The Morgan fingerprint density at radius 2 is 1.05 bits per heavy atom. The summed E-state index contributed by atoms with van der Waals surface area (Å²) in [5.41, 5.74) is 6.99. The lowest BCUT2D eigenvalue weighted by Crippen LogP contribution is -2.44. The van der Waals surface area contributed by atoms with Crippen molar-refractivity contribution in [2.45, 2.75) is 70.2 Å². The van der Waals surface area contributed by atoms with Crippen LogP contribution in [0.4, 0.5) is 28.4 Å². The minimum absolute atomic E-state index is 0.0248. The van der Waals surface area contributed by atoms with Crippen molar-refractivity contribution in [3.8, 4) is 23.0 Å². The first-order chi connectivity index (χ1) is 36.5. The highest BCUT2D eigenvalue weighted by Gasteiger charge is 2.38. The average molecular weight is 1020 g/mol. The fourth-order valence-electron chi connectivity index (χ4n) is 10.1. The maximum absolute atomic E-state index is 14.0. The third kappa shape index (κ3) is 11.3. The van der Waals surface area contributed by atoms with Crippen LogP contribution < -0.4 is 50.0 Å². The second-order valence-corrected chi connectivity index (χ2v) is 18.5. The fourth-order valence-corrected chi connectivity index (χ4v) is 10.1. The van der Waals surface area contributed by atoms with Crippen LogP contribution >= 0.6 is 0 Å². The lowest BCUT2D eigenvalue weighted by molar-refractivity contribution is -0.130. The van der Waals surface area contributed by atoms with E-state index in [0.29, 0.717) is 75.2 Å². The SMILES string of the molecule is CO.COc1cc2c(cc1OCc1cc(COc3cc4c(cc3OC)C(=O)N3c5ccccc5C[C@H]3C=N4)cc(NC(=O)CNC(=O)CNC(=O)CNC(=O)C3CCCCC3)c1)N=CC1Cc3ccccc3N1C2=O. The third-order valence-electron chi connectivity index (χ3n) is 13.7. The molecule has 388 valence electrons. The van der Waals surface area contributed by atoms with E-state index in [2.05, 4.69) is 21.3 Å². The van der Waals surface area contributed by atoms with Gasteiger partial charge in [0.1, 0.15) is 13.2 Å². The predicted molar refractivity (Wildman–Crippen MR) is 281 cm³/mol. The number of amides is 6. The zero-order valence-corrected chi connectivity index (χ0v) is 41.9. The molecule has 5 aromatic rings. The number of hydrogen-bond donors (Lipinski definition) is 5. The second-order valence-electron chi connectivity index (χ2n) is 18.5. The van der Waals surface area contributed by atoms with Gasteiger partial charge in [-0.1, -0.05) is 55.7 Å². The standard InChI is InChI=1S/C55H54N8O10.CH4O/c1-70-46-21-40-42(56-25-38-19-35-12-6-8-14-44(35)62(38)54(40)68)23-48(46)72-30-32-16-33(18-37(17-32)61-52(66)29-59-50(64)27-58-51(65)28-60-53(67)34-10-4-3-5-11-34)31-73-49-24-43-41(22-47(49)71-2)55(69)63-39(26-57-43)20-36-13-7-9-15-45(36)63;1-2/h6-9,12-18,21-26,34,38-39H,3-5,10-11,19-20,27-31H2,1-2H3,(H,58,65)(H,59,64)(H,60,67)(H,61,66);2H,1H3/t38-,39?;/m0./s1. The summed E-state index contributed by atoms with van der Waals surface area (Å²) in [6.07, 6.45) is 9.52. The number of para-hydroxylation sites is 2. The molecule has 1 aliphatic carbocycles. The predicted octanol–water partition coefficient (Wildman–Crippen LogP) is 5.91. The lowest BCUT2D eigenvalue weighted by atomic mass is 9.89. The molecule has 4 heterocycles. The summed E-state index contributed by atoms with van der Waals surface area (Å²) in [7, 11) is 3.98. The molecule has 5 N–H and O–H groups in total. The fraction of sp³-hybridized carbons (Fsp3) is 0.321. The molecule has 1 fully saturated rings. The number of rotatable bonds is 16. The monoisotopic (exact) mass is 1020 g/mol. The zero-order valence-electron chi connectivity index (χ0n) is 41.9. The van der Waals surface area contributed by atoms with Crippen LogP contribution in [-0.4, -0.2) is 106 Å². The topological polar surface area (TPSA) is 239 Å². The van der Waals surface area contributed by atoms with Gasteiger partial charge in [-0.15, -0.1) is 0 Å². The molecule has 10 rings (SSSR count). The van der Waals surface area contributed by atoms with Crippen LogP contribution in [-0.2, 0) is 45.2 Å². The van der Waals surface area contributed by atoms with Gasteiger partial charge in [-0.2, -0.15) is 0 Å². The highest BCUT2D eigenvalue weighted by molar-refractivity contribution is 6.16. The molecule has 19 nitrogen and oxygen atoms in total. The Balaban J connectivity index is 0.00000340. The highest BCUT2D eigenvalue weighted by atomic mass is 16.5. The van der Waals surface area contributed by atoms with Crippen molar-refractivity contribution in [1.82, 2.24) is 16.0 Å². The molecule has 4 aliphatic heterocycles. The number of fused-ring (bicyclic) bond motifs is 8. The first kappa shape index (κ1) is 51.3. The summed E-state index contributed by atoms with van der Waals surface area (Å²) < 4.78 is 24.3. The summed E-state index contributed by atoms with van der Waals surface area (Å²) in [5.74, 6) is -1.06. The van der Waals surface area contributed by atoms with Crippen LogP contribution in [0, 0.1) is 5.92 Å². The first-order valence-electron chi connectivity index (χ1n) is 24.8. The minimum Gasteiger partial charge on any atom is -0.493 e. The van der Waals surface area contributed by atoms with Crippen LogP contribution in [0.3, 0.4) is 0 Å². The molecule has 2 atom stereocenters. The Morgan fingerprint density at radius 3 is 1.55 bits per heavy atom. The number of hydrogen-bond acceptors (Lipinski definition) is 13. The molecule has 1 saturated carbocycles. The molecule has 0 radical (unpaired) electrons. The lowest BCUT2D eigenvalue weighted by Gasteiger charge is -2.22. The molecule has 19 heteroatoms. The maximum atomic E-state index is 14.0. The van der Waals surface area contributed by atoms with E-state index in [1.165, 1.54) is 14.2 Å². The number of benzene rings is 5. The van der Waals surface area contributed by atoms with Crippen LogP contribution in [0.1, 0.15) is 75.1 Å². The Bertz CT molecular complexity index is 2940. The number of aliphatic imine (C=N–C) groups is 2. The first-order valence-corrected chi connectivity index (χ1v) is 24.8. The van der Waals surface area contributed by atoms with Gasteiger partial charge in [0.15, 0.2) is 23.0 Å². The van der Waals surface area contributed by atoms with Gasteiger partial charge in [0.05, 0.1) is 68.4 Å². The molecule has 0 spiro atoms. The van der Waals surface area contributed by atoms with Crippen molar-refractivity contribution < 1.29 is 52.8 Å². The van der Waals surface area contributed by atoms with Gasteiger partial charge < -0.3 is 45.3 Å². The average Bonchev–Trinajstić information content (AvgIpc) is 3.96. The van der Waals surface area contributed by atoms with E-state index in [4.69, 9.17) is 34.0 Å². The number of nitrogens with one attached hydrogen (secondary N) is 4. The highest BCUT2D eigenvalue weighted by Crippen LogP contribution is 2.43.